The summed E-state index contributed by atoms with van der Waals surface area (Å²) in [6.45, 7) is 7.59. The first-order valence-corrected chi connectivity index (χ1v) is 8.25. The van der Waals surface area contributed by atoms with Gasteiger partial charge in [0.2, 0.25) is 0 Å². The summed E-state index contributed by atoms with van der Waals surface area (Å²) < 4.78 is 5.29. The molecule has 1 amide bonds. The minimum Gasteiger partial charge on any atom is -0.444 e. The van der Waals surface area contributed by atoms with E-state index in [0.717, 1.165) is 31.6 Å². The number of amides is 1. The molecule has 1 aliphatic rings. The Hall–Kier alpha value is -1.59. The Kier molecular flexibility index (Phi) is 5.65. The lowest BCUT2D eigenvalue weighted by Crippen LogP contribution is -2.29. The zero-order valence-corrected chi connectivity index (χ0v) is 14.9. The summed E-state index contributed by atoms with van der Waals surface area (Å²) in [7, 11) is 4.16. The van der Waals surface area contributed by atoms with Gasteiger partial charge in [0.25, 0.3) is 0 Å². The molecular formula is C18H29N3O2. The minimum atomic E-state index is -0.484. The van der Waals surface area contributed by atoms with Crippen molar-refractivity contribution in [3.63, 3.8) is 0 Å². The number of hydrogen-bond donors (Lipinski definition) is 2. The van der Waals surface area contributed by atoms with Crippen LogP contribution in [0.3, 0.4) is 0 Å². The van der Waals surface area contributed by atoms with Crippen LogP contribution in [0.25, 0.3) is 0 Å². The molecule has 1 aromatic rings. The highest BCUT2D eigenvalue weighted by Gasteiger charge is 2.23. The van der Waals surface area contributed by atoms with E-state index in [2.05, 4.69) is 41.8 Å². The molecule has 0 heterocycles. The van der Waals surface area contributed by atoms with Crippen LogP contribution in [0.2, 0.25) is 0 Å². The van der Waals surface area contributed by atoms with Crippen LogP contribution in [-0.4, -0.2) is 43.8 Å². The van der Waals surface area contributed by atoms with E-state index >= 15 is 0 Å². The molecule has 1 aromatic carbocycles. The number of hydrogen-bond acceptors (Lipinski definition) is 4. The Labute approximate surface area is 139 Å². The first kappa shape index (κ1) is 17.8. The Morgan fingerprint density at radius 3 is 2.74 bits per heavy atom. The molecule has 128 valence electrons. The molecule has 0 aliphatic heterocycles. The van der Waals surface area contributed by atoms with Crippen molar-refractivity contribution in [1.29, 1.82) is 0 Å². The van der Waals surface area contributed by atoms with Crippen molar-refractivity contribution in [3.8, 4) is 0 Å². The van der Waals surface area contributed by atoms with Gasteiger partial charge in [-0.25, -0.2) is 4.79 Å². The maximum Gasteiger partial charge on any atom is 0.412 e. The second kappa shape index (κ2) is 7.32. The quantitative estimate of drug-likeness (QED) is 0.875. The highest BCUT2D eigenvalue weighted by atomic mass is 16.6. The van der Waals surface area contributed by atoms with E-state index in [1.165, 1.54) is 11.1 Å². The fourth-order valence-electron chi connectivity index (χ4n) is 2.79. The molecule has 0 saturated carbocycles. The molecule has 0 saturated heterocycles. The van der Waals surface area contributed by atoms with Crippen molar-refractivity contribution < 1.29 is 9.53 Å². The van der Waals surface area contributed by atoms with E-state index < -0.39 is 11.7 Å². The van der Waals surface area contributed by atoms with Crippen molar-refractivity contribution in [2.45, 2.75) is 45.3 Å². The molecule has 0 radical (unpaired) electrons. The second-order valence-corrected chi connectivity index (χ2v) is 7.39. The Bertz CT molecular complexity index is 550. The second-order valence-electron chi connectivity index (χ2n) is 7.39. The predicted molar refractivity (Wildman–Crippen MR) is 93.9 cm³/mol. The van der Waals surface area contributed by atoms with Crippen molar-refractivity contribution in [1.82, 2.24) is 10.2 Å². The van der Waals surface area contributed by atoms with E-state index in [-0.39, 0.29) is 0 Å². The van der Waals surface area contributed by atoms with Crippen LogP contribution in [0.5, 0.6) is 0 Å². The number of likely N-dealkylation sites (N-methyl/N-ethyl adjacent to an activating group) is 1. The van der Waals surface area contributed by atoms with Gasteiger partial charge in [0.15, 0.2) is 0 Å². The van der Waals surface area contributed by atoms with Gasteiger partial charge in [-0.3, -0.25) is 5.32 Å². The van der Waals surface area contributed by atoms with Gasteiger partial charge in [-0.1, -0.05) is 6.07 Å². The number of aryl methyl sites for hydroxylation is 1. The lowest BCUT2D eigenvalue weighted by molar-refractivity contribution is 0.0636. The molecule has 2 rings (SSSR count). The maximum atomic E-state index is 11.8. The van der Waals surface area contributed by atoms with Gasteiger partial charge in [0, 0.05) is 24.8 Å². The number of ether oxygens (including phenoxy) is 1. The SMILES string of the molecule is CN(C)CCNC1CCc2cc(NC(=O)OC(C)(C)C)ccc21. The smallest absolute Gasteiger partial charge is 0.412 e. The van der Waals surface area contributed by atoms with Gasteiger partial charge in [0.05, 0.1) is 0 Å². The van der Waals surface area contributed by atoms with E-state index in [0.29, 0.717) is 6.04 Å². The Balaban J connectivity index is 1.94. The Morgan fingerprint density at radius 2 is 2.09 bits per heavy atom. The highest BCUT2D eigenvalue weighted by Crippen LogP contribution is 2.32. The summed E-state index contributed by atoms with van der Waals surface area (Å²) >= 11 is 0. The van der Waals surface area contributed by atoms with Crippen LogP contribution >= 0.6 is 0 Å². The van der Waals surface area contributed by atoms with E-state index in [9.17, 15) is 4.79 Å². The Morgan fingerprint density at radius 1 is 1.35 bits per heavy atom. The zero-order valence-electron chi connectivity index (χ0n) is 14.9. The van der Waals surface area contributed by atoms with Gasteiger partial charge >= 0.3 is 6.09 Å². The summed E-state index contributed by atoms with van der Waals surface area (Å²) in [5, 5.41) is 6.42. The van der Waals surface area contributed by atoms with Gasteiger partial charge in [-0.2, -0.15) is 0 Å². The van der Waals surface area contributed by atoms with Gasteiger partial charge in [0.1, 0.15) is 5.60 Å². The number of carbonyl (C=O) groups excluding carboxylic acids is 1. The number of carbonyl (C=O) groups is 1. The molecule has 1 atom stereocenters. The fraction of sp³-hybridized carbons (Fsp3) is 0.611. The molecule has 0 aromatic heterocycles. The average Bonchev–Trinajstić information content (AvgIpc) is 2.78. The first-order valence-electron chi connectivity index (χ1n) is 8.25. The number of fused-ring (bicyclic) bond motifs is 1. The third-order valence-corrected chi connectivity index (χ3v) is 3.82. The normalized spacial score (nSPS) is 17.2. The number of nitrogens with one attached hydrogen (secondary N) is 2. The molecule has 0 spiro atoms. The monoisotopic (exact) mass is 319 g/mol. The highest BCUT2D eigenvalue weighted by molar-refractivity contribution is 5.85. The fourth-order valence-corrected chi connectivity index (χ4v) is 2.79. The topological polar surface area (TPSA) is 53.6 Å². The standard InChI is InChI=1S/C18H29N3O2/c1-18(2,3)23-17(22)20-14-7-8-15-13(12-14)6-9-16(15)19-10-11-21(4)5/h7-8,12,16,19H,6,9-11H2,1-5H3,(H,20,22). The largest absolute Gasteiger partial charge is 0.444 e. The number of nitrogens with zero attached hydrogens (tertiary/aromatic N) is 1. The predicted octanol–water partition coefficient (Wildman–Crippen LogP) is 3.17. The third kappa shape index (κ3) is 5.52. The molecule has 0 bridgehead atoms. The molecule has 0 fully saturated rings. The lowest BCUT2D eigenvalue weighted by atomic mass is 10.1. The van der Waals surface area contributed by atoms with Crippen molar-refractivity contribution in [2.75, 3.05) is 32.5 Å². The first-order chi connectivity index (χ1) is 10.7. The summed E-state index contributed by atoms with van der Waals surface area (Å²) in [5.41, 5.74) is 2.97. The van der Waals surface area contributed by atoms with Crippen LogP contribution in [0.4, 0.5) is 10.5 Å². The lowest BCUT2D eigenvalue weighted by Gasteiger charge is -2.20. The van der Waals surface area contributed by atoms with Crippen molar-refractivity contribution >= 4 is 11.8 Å². The van der Waals surface area contributed by atoms with Crippen molar-refractivity contribution in [3.05, 3.63) is 29.3 Å². The number of rotatable bonds is 5. The van der Waals surface area contributed by atoms with E-state index in [1.807, 2.05) is 26.8 Å². The summed E-state index contributed by atoms with van der Waals surface area (Å²) in [6, 6.07) is 6.55. The van der Waals surface area contributed by atoms with Gasteiger partial charge in [-0.15, -0.1) is 0 Å². The molecule has 5 nitrogen and oxygen atoms in total. The van der Waals surface area contributed by atoms with Crippen LogP contribution < -0.4 is 10.6 Å². The molecule has 1 unspecified atom stereocenters. The summed E-state index contributed by atoms with van der Waals surface area (Å²) in [6.07, 6.45) is 1.74. The molecule has 23 heavy (non-hydrogen) atoms. The molecule has 5 heteroatoms. The minimum absolute atomic E-state index is 0.406. The average molecular weight is 319 g/mol. The van der Waals surface area contributed by atoms with Crippen LogP contribution in [0.1, 0.15) is 44.4 Å². The van der Waals surface area contributed by atoms with E-state index in [4.69, 9.17) is 4.74 Å². The number of anilines is 1. The van der Waals surface area contributed by atoms with Crippen LogP contribution in [0, 0.1) is 0 Å². The third-order valence-electron chi connectivity index (χ3n) is 3.82. The maximum absolute atomic E-state index is 11.8. The van der Waals surface area contributed by atoms with Crippen LogP contribution in [0.15, 0.2) is 18.2 Å². The number of benzene rings is 1. The molecule has 2 N–H and O–H groups in total. The molecular weight excluding hydrogens is 290 g/mol. The molecule has 1 aliphatic carbocycles. The van der Waals surface area contributed by atoms with Crippen molar-refractivity contribution in [2.24, 2.45) is 0 Å². The van der Waals surface area contributed by atoms with Crippen LogP contribution in [-0.2, 0) is 11.2 Å². The van der Waals surface area contributed by atoms with E-state index in [1.54, 1.807) is 0 Å². The summed E-state index contributed by atoms with van der Waals surface area (Å²) in [5.74, 6) is 0. The van der Waals surface area contributed by atoms with Gasteiger partial charge in [-0.05, 0) is 71.0 Å². The van der Waals surface area contributed by atoms with Gasteiger partial charge < -0.3 is 15.0 Å². The zero-order chi connectivity index (χ0) is 17.0. The summed E-state index contributed by atoms with van der Waals surface area (Å²) in [4.78, 5) is 14.0.